The van der Waals surface area contributed by atoms with Crippen LogP contribution in [0.4, 0.5) is 11.4 Å². The van der Waals surface area contributed by atoms with Crippen LogP contribution in [0.2, 0.25) is 0 Å². The van der Waals surface area contributed by atoms with Gasteiger partial charge in [0.25, 0.3) is 5.91 Å². The minimum atomic E-state index is -0.590. The summed E-state index contributed by atoms with van der Waals surface area (Å²) in [5.41, 5.74) is 17.5. The van der Waals surface area contributed by atoms with E-state index in [0.717, 1.165) is 0 Å². The number of hydrogen-bond donors (Lipinski definition) is 3. The maximum Gasteiger partial charge on any atom is 0.250 e. The van der Waals surface area contributed by atoms with E-state index in [-0.39, 0.29) is 18.2 Å². The lowest BCUT2D eigenvalue weighted by Gasteiger charge is -2.30. The number of para-hydroxylation sites is 1. The molecule has 0 radical (unpaired) electrons. The van der Waals surface area contributed by atoms with E-state index in [0.29, 0.717) is 11.4 Å². The van der Waals surface area contributed by atoms with Crippen LogP contribution in [0.1, 0.15) is 24.2 Å². The molecule has 0 aliphatic heterocycles. The quantitative estimate of drug-likeness (QED) is 0.641. The summed E-state index contributed by atoms with van der Waals surface area (Å²) in [5.74, 6) is -1.09. The fourth-order valence-corrected chi connectivity index (χ4v) is 1.77. The summed E-state index contributed by atoms with van der Waals surface area (Å²) in [6.07, 6.45) is 0. The Bertz CT molecular complexity index is 471. The Morgan fingerprint density at radius 3 is 2.33 bits per heavy atom. The zero-order valence-corrected chi connectivity index (χ0v) is 10.5. The van der Waals surface area contributed by atoms with E-state index < -0.39 is 11.8 Å². The van der Waals surface area contributed by atoms with E-state index in [1.165, 1.54) is 0 Å². The first-order valence-electron chi connectivity index (χ1n) is 5.57. The van der Waals surface area contributed by atoms with Crippen LogP contribution < -0.4 is 22.1 Å². The highest BCUT2D eigenvalue weighted by molar-refractivity contribution is 6.02. The fourth-order valence-electron chi connectivity index (χ4n) is 1.77. The molecule has 6 nitrogen and oxygen atoms in total. The molecule has 98 valence electrons. The zero-order chi connectivity index (χ0) is 13.9. The maximum absolute atomic E-state index is 11.4. The van der Waals surface area contributed by atoms with Gasteiger partial charge in [-0.15, -0.1) is 0 Å². The smallest absolute Gasteiger partial charge is 0.250 e. The van der Waals surface area contributed by atoms with E-state index in [1.807, 2.05) is 13.8 Å². The molecular weight excluding hydrogens is 232 g/mol. The van der Waals surface area contributed by atoms with Gasteiger partial charge in [0.2, 0.25) is 5.91 Å². The number of anilines is 2. The molecule has 0 bridgehead atoms. The molecule has 18 heavy (non-hydrogen) atoms. The highest BCUT2D eigenvalue weighted by atomic mass is 16.1. The summed E-state index contributed by atoms with van der Waals surface area (Å²) < 4.78 is 0. The fraction of sp³-hybridized carbons (Fsp3) is 0.333. The summed E-state index contributed by atoms with van der Waals surface area (Å²) in [7, 11) is 0. The van der Waals surface area contributed by atoms with Gasteiger partial charge in [-0.05, 0) is 26.0 Å². The molecule has 0 unspecified atom stereocenters. The first-order valence-corrected chi connectivity index (χ1v) is 5.57. The van der Waals surface area contributed by atoms with Gasteiger partial charge in [-0.25, -0.2) is 0 Å². The van der Waals surface area contributed by atoms with E-state index in [9.17, 15) is 9.59 Å². The summed E-state index contributed by atoms with van der Waals surface area (Å²) in [6.45, 7) is 3.73. The van der Waals surface area contributed by atoms with Gasteiger partial charge in [-0.2, -0.15) is 0 Å². The number of nitrogens with two attached hydrogens (primary N) is 3. The second kappa shape index (κ2) is 5.39. The van der Waals surface area contributed by atoms with Crippen LogP contribution in [0.3, 0.4) is 0 Å². The first kappa shape index (κ1) is 13.8. The number of rotatable bonds is 5. The number of carbonyl (C=O) groups is 2. The molecule has 0 aliphatic carbocycles. The molecule has 1 aromatic carbocycles. The molecule has 2 amide bonds. The molecule has 6 heteroatoms. The number of nitrogens with zero attached hydrogens (tertiary/aromatic N) is 1. The van der Waals surface area contributed by atoms with Crippen LogP contribution in [0.25, 0.3) is 0 Å². The molecule has 0 saturated carbocycles. The number of hydrogen-bond acceptors (Lipinski definition) is 4. The highest BCUT2D eigenvalue weighted by Crippen LogP contribution is 2.29. The maximum atomic E-state index is 11.4. The van der Waals surface area contributed by atoms with Crippen LogP contribution in [0.15, 0.2) is 18.2 Å². The predicted molar refractivity (Wildman–Crippen MR) is 71.0 cm³/mol. The molecule has 0 saturated heterocycles. The number of nitrogen functional groups attached to an aromatic ring is 1. The Hall–Kier alpha value is -2.24. The van der Waals surface area contributed by atoms with Crippen LogP contribution in [-0.2, 0) is 4.79 Å². The minimum absolute atomic E-state index is 0.0217. The Morgan fingerprint density at radius 2 is 1.89 bits per heavy atom. The van der Waals surface area contributed by atoms with Gasteiger partial charge in [0.15, 0.2) is 0 Å². The molecule has 0 fully saturated rings. The normalized spacial score (nSPS) is 10.4. The van der Waals surface area contributed by atoms with Crippen LogP contribution in [0, 0.1) is 0 Å². The third-order valence-corrected chi connectivity index (χ3v) is 2.57. The van der Waals surface area contributed by atoms with Crippen molar-refractivity contribution in [1.82, 2.24) is 0 Å². The summed E-state index contributed by atoms with van der Waals surface area (Å²) in [4.78, 5) is 24.2. The number of amides is 2. The van der Waals surface area contributed by atoms with E-state index in [4.69, 9.17) is 17.2 Å². The van der Waals surface area contributed by atoms with Crippen molar-refractivity contribution in [3.8, 4) is 0 Å². The lowest BCUT2D eigenvalue weighted by Crippen LogP contribution is -2.40. The Kier molecular flexibility index (Phi) is 4.14. The van der Waals surface area contributed by atoms with Crippen LogP contribution in [0.5, 0.6) is 0 Å². The third kappa shape index (κ3) is 2.91. The van der Waals surface area contributed by atoms with Crippen molar-refractivity contribution in [3.05, 3.63) is 23.8 Å². The monoisotopic (exact) mass is 250 g/mol. The predicted octanol–water partition coefficient (Wildman–Crippen LogP) is 0.0678. The molecule has 0 aromatic heterocycles. The molecule has 1 rings (SSSR count). The lowest BCUT2D eigenvalue weighted by atomic mass is 10.1. The van der Waals surface area contributed by atoms with E-state index >= 15 is 0 Å². The zero-order valence-electron chi connectivity index (χ0n) is 10.5. The molecule has 0 aliphatic rings. The Morgan fingerprint density at radius 1 is 1.28 bits per heavy atom. The lowest BCUT2D eigenvalue weighted by molar-refractivity contribution is -0.116. The van der Waals surface area contributed by atoms with E-state index in [1.54, 1.807) is 23.1 Å². The number of primary amides is 2. The summed E-state index contributed by atoms with van der Waals surface area (Å²) >= 11 is 0. The largest absolute Gasteiger partial charge is 0.397 e. The summed E-state index contributed by atoms with van der Waals surface area (Å²) in [5, 5.41) is 0. The molecule has 1 aromatic rings. The molecule has 6 N–H and O–H groups in total. The first-order chi connectivity index (χ1) is 8.34. The van der Waals surface area contributed by atoms with Gasteiger partial charge >= 0.3 is 0 Å². The molecule has 0 spiro atoms. The Balaban J connectivity index is 3.34. The average Bonchev–Trinajstić information content (AvgIpc) is 2.25. The van der Waals surface area contributed by atoms with Crippen molar-refractivity contribution in [1.29, 1.82) is 0 Å². The standard InChI is InChI=1S/C12H18N4O2/c1-7(2)16(6-10(14)17)11-8(12(15)18)4-3-5-9(11)13/h3-5,7H,6,13H2,1-2H3,(H2,14,17)(H2,15,18). The van der Waals surface area contributed by atoms with Crippen molar-refractivity contribution in [2.75, 3.05) is 17.2 Å². The average molecular weight is 250 g/mol. The second-order valence-electron chi connectivity index (χ2n) is 4.30. The van der Waals surface area contributed by atoms with E-state index in [2.05, 4.69) is 0 Å². The van der Waals surface area contributed by atoms with Crippen molar-refractivity contribution in [3.63, 3.8) is 0 Å². The summed E-state index contributed by atoms with van der Waals surface area (Å²) in [6, 6.07) is 4.82. The number of carbonyl (C=O) groups excluding carboxylic acids is 2. The van der Waals surface area contributed by atoms with Gasteiger partial charge in [-0.1, -0.05) is 6.07 Å². The molecule has 0 atom stereocenters. The van der Waals surface area contributed by atoms with Crippen molar-refractivity contribution in [2.45, 2.75) is 19.9 Å². The van der Waals surface area contributed by atoms with Crippen molar-refractivity contribution in [2.24, 2.45) is 11.5 Å². The Labute approximate surface area is 106 Å². The third-order valence-electron chi connectivity index (χ3n) is 2.57. The topological polar surface area (TPSA) is 115 Å². The van der Waals surface area contributed by atoms with Gasteiger partial charge in [-0.3, -0.25) is 9.59 Å². The van der Waals surface area contributed by atoms with Crippen LogP contribution >= 0.6 is 0 Å². The minimum Gasteiger partial charge on any atom is -0.397 e. The highest BCUT2D eigenvalue weighted by Gasteiger charge is 2.21. The molecular formula is C12H18N4O2. The van der Waals surface area contributed by atoms with Crippen LogP contribution in [-0.4, -0.2) is 24.4 Å². The van der Waals surface area contributed by atoms with Gasteiger partial charge < -0.3 is 22.1 Å². The molecule has 0 heterocycles. The van der Waals surface area contributed by atoms with Crippen molar-refractivity contribution < 1.29 is 9.59 Å². The number of benzene rings is 1. The SMILES string of the molecule is CC(C)N(CC(N)=O)c1c(N)cccc1C(N)=O. The second-order valence-corrected chi connectivity index (χ2v) is 4.30. The van der Waals surface area contributed by atoms with Gasteiger partial charge in [0.1, 0.15) is 0 Å². The van der Waals surface area contributed by atoms with Gasteiger partial charge in [0, 0.05) is 6.04 Å². The van der Waals surface area contributed by atoms with Gasteiger partial charge in [0.05, 0.1) is 23.5 Å². The van der Waals surface area contributed by atoms with Crippen molar-refractivity contribution >= 4 is 23.2 Å².